The first-order chi connectivity index (χ1) is 13.6. The second-order valence-electron chi connectivity index (χ2n) is 6.56. The Morgan fingerprint density at radius 1 is 1.28 bits per heavy atom. The molecule has 152 valence electrons. The number of carboxylic acid groups (broad SMARTS) is 1. The summed E-state index contributed by atoms with van der Waals surface area (Å²) < 4.78 is 6.97. The maximum absolute atomic E-state index is 12.9. The van der Waals surface area contributed by atoms with Gasteiger partial charge in [0.15, 0.2) is 11.5 Å². The van der Waals surface area contributed by atoms with E-state index in [1.54, 1.807) is 6.92 Å². The molecule has 1 aliphatic heterocycles. The first kappa shape index (κ1) is 19.9. The van der Waals surface area contributed by atoms with Crippen LogP contribution in [0.5, 0.6) is 11.5 Å². The number of carboxylic acids is 1. The number of benzene rings is 1. The molecule has 2 aromatic rings. The van der Waals surface area contributed by atoms with Crippen LogP contribution in [0.15, 0.2) is 22.6 Å². The molecule has 3 rings (SSSR count). The summed E-state index contributed by atoms with van der Waals surface area (Å²) in [7, 11) is 0. The van der Waals surface area contributed by atoms with Crippen LogP contribution in [-0.2, 0) is 16.1 Å². The molecule has 0 unspecified atom stereocenters. The molecule has 0 fully saturated rings. The molecular formula is C19H19N3O7. The van der Waals surface area contributed by atoms with Crippen molar-refractivity contribution in [2.75, 3.05) is 13.2 Å². The van der Waals surface area contributed by atoms with Crippen molar-refractivity contribution in [1.29, 1.82) is 0 Å². The lowest BCUT2D eigenvalue weighted by molar-refractivity contribution is -0.135. The summed E-state index contributed by atoms with van der Waals surface area (Å²) in [5.41, 5.74) is 5.61. The number of hydrogen-bond acceptors (Lipinski definition) is 7. The fraction of sp³-hybridized carbons (Fsp3) is 0.263. The second kappa shape index (κ2) is 7.30. The molecule has 10 nitrogen and oxygen atoms in total. The fourth-order valence-electron chi connectivity index (χ4n) is 3.43. The largest absolute Gasteiger partial charge is 0.506 e. The van der Waals surface area contributed by atoms with Gasteiger partial charge < -0.3 is 30.6 Å². The predicted octanol–water partition coefficient (Wildman–Crippen LogP) is 0.193. The highest BCUT2D eigenvalue weighted by Gasteiger charge is 2.29. The number of carbonyl (C=O) groups excluding carboxylic acids is 2. The van der Waals surface area contributed by atoms with Crippen LogP contribution in [0.2, 0.25) is 0 Å². The van der Waals surface area contributed by atoms with Gasteiger partial charge in [0.25, 0.3) is 11.5 Å². The average Bonchev–Trinajstić information content (AvgIpc) is 2.64. The molecule has 1 aromatic heterocycles. The van der Waals surface area contributed by atoms with E-state index < -0.39 is 35.3 Å². The zero-order valence-electron chi connectivity index (χ0n) is 15.7. The Bertz CT molecular complexity index is 1160. The Kier molecular flexibility index (Phi) is 5.02. The van der Waals surface area contributed by atoms with Gasteiger partial charge in [-0.3, -0.25) is 19.2 Å². The van der Waals surface area contributed by atoms with Crippen molar-refractivity contribution in [2.24, 2.45) is 5.73 Å². The summed E-state index contributed by atoms with van der Waals surface area (Å²) in [5.74, 6) is -2.98. The number of pyridine rings is 1. The van der Waals surface area contributed by atoms with Gasteiger partial charge in [0.2, 0.25) is 0 Å². The summed E-state index contributed by atoms with van der Waals surface area (Å²) >= 11 is 0. The van der Waals surface area contributed by atoms with E-state index in [0.29, 0.717) is 5.56 Å². The maximum atomic E-state index is 12.9. The first-order valence-electron chi connectivity index (χ1n) is 8.68. The summed E-state index contributed by atoms with van der Waals surface area (Å²) in [5, 5.41) is 21.6. The number of amides is 1. The number of allylic oxidation sites excluding steroid dienone is 2. The van der Waals surface area contributed by atoms with Crippen LogP contribution >= 0.6 is 0 Å². The lowest BCUT2D eigenvalue weighted by atomic mass is 9.96. The van der Waals surface area contributed by atoms with E-state index in [1.807, 2.05) is 0 Å². The fourth-order valence-corrected chi connectivity index (χ4v) is 3.43. The summed E-state index contributed by atoms with van der Waals surface area (Å²) in [6, 6.07) is 2.97. The smallest absolute Gasteiger partial charge is 0.322 e. The Morgan fingerprint density at radius 2 is 1.97 bits per heavy atom. The number of aromatic hydroxyl groups is 1. The quantitative estimate of drug-likeness (QED) is 0.516. The van der Waals surface area contributed by atoms with E-state index in [4.69, 9.17) is 15.6 Å². The zero-order chi connectivity index (χ0) is 21.5. The number of nitrogens with one attached hydrogen (secondary N) is 1. The summed E-state index contributed by atoms with van der Waals surface area (Å²) in [6.45, 7) is 2.41. The van der Waals surface area contributed by atoms with Gasteiger partial charge in [-0.2, -0.15) is 0 Å². The van der Waals surface area contributed by atoms with E-state index in [0.717, 1.165) is 0 Å². The number of aromatic nitrogens is 1. The highest BCUT2D eigenvalue weighted by molar-refractivity contribution is 6.22. The Hall–Kier alpha value is -3.82. The molecule has 0 radical (unpaired) electrons. The third-order valence-corrected chi connectivity index (χ3v) is 4.56. The monoisotopic (exact) mass is 401 g/mol. The maximum Gasteiger partial charge on any atom is 0.322 e. The molecule has 29 heavy (non-hydrogen) atoms. The van der Waals surface area contributed by atoms with Crippen molar-refractivity contribution in [3.05, 3.63) is 39.3 Å². The topological polar surface area (TPSA) is 161 Å². The number of nitrogens with zero attached hydrogens (tertiary/aromatic N) is 1. The van der Waals surface area contributed by atoms with Crippen LogP contribution in [-0.4, -0.2) is 45.6 Å². The van der Waals surface area contributed by atoms with Crippen LogP contribution in [0.3, 0.4) is 0 Å². The number of ether oxygens (including phenoxy) is 1. The average molecular weight is 401 g/mol. The zero-order valence-corrected chi connectivity index (χ0v) is 15.7. The van der Waals surface area contributed by atoms with Gasteiger partial charge in [-0.25, -0.2) is 0 Å². The van der Waals surface area contributed by atoms with Gasteiger partial charge in [0.05, 0.1) is 12.1 Å². The molecule has 0 saturated heterocycles. The molecule has 0 atom stereocenters. The molecule has 5 N–H and O–H groups in total. The minimum absolute atomic E-state index is 0.0920. The number of rotatable bonds is 5. The van der Waals surface area contributed by atoms with Crippen molar-refractivity contribution in [3.8, 4) is 11.5 Å². The van der Waals surface area contributed by atoms with Crippen molar-refractivity contribution in [2.45, 2.75) is 20.4 Å². The van der Waals surface area contributed by atoms with Crippen LogP contribution in [0, 0.1) is 0 Å². The Balaban J connectivity index is 2.32. The van der Waals surface area contributed by atoms with Gasteiger partial charge in [-0.15, -0.1) is 0 Å². The van der Waals surface area contributed by atoms with Gasteiger partial charge in [0.1, 0.15) is 24.5 Å². The minimum Gasteiger partial charge on any atom is -0.506 e. The van der Waals surface area contributed by atoms with Crippen molar-refractivity contribution < 1.29 is 29.3 Å². The Labute approximate surface area is 164 Å². The molecule has 1 aromatic carbocycles. The molecule has 1 amide bonds. The van der Waals surface area contributed by atoms with Crippen molar-refractivity contribution in [3.63, 3.8) is 0 Å². The number of Topliss-reactive ketones (excluding diaryl/α,β-unsaturated/α-hetero) is 1. The number of aliphatic carboxylic acids is 1. The van der Waals surface area contributed by atoms with E-state index in [2.05, 4.69) is 5.32 Å². The lowest BCUT2D eigenvalue weighted by Crippen LogP contribution is -2.37. The van der Waals surface area contributed by atoms with E-state index >= 15 is 0 Å². The van der Waals surface area contributed by atoms with Gasteiger partial charge in [-0.05, 0) is 26.0 Å². The molecule has 1 aliphatic rings. The van der Waals surface area contributed by atoms with Crippen LogP contribution in [0.4, 0.5) is 0 Å². The summed E-state index contributed by atoms with van der Waals surface area (Å²) in [4.78, 5) is 48.0. The summed E-state index contributed by atoms with van der Waals surface area (Å²) in [6.07, 6.45) is 0. The number of nitrogens with two attached hydrogens (primary N) is 1. The lowest BCUT2D eigenvalue weighted by Gasteiger charge is -2.24. The number of carbonyl (C=O) groups is 3. The predicted molar refractivity (Wildman–Crippen MR) is 103 cm³/mol. The molecule has 2 heterocycles. The molecule has 10 heteroatoms. The minimum atomic E-state index is -1.29. The van der Waals surface area contributed by atoms with Gasteiger partial charge in [0, 0.05) is 22.2 Å². The van der Waals surface area contributed by atoms with Crippen LogP contribution in [0.25, 0.3) is 16.5 Å². The van der Waals surface area contributed by atoms with Crippen molar-refractivity contribution >= 4 is 34.1 Å². The Morgan fingerprint density at radius 3 is 2.55 bits per heavy atom. The van der Waals surface area contributed by atoms with Crippen LogP contribution in [0.1, 0.15) is 29.8 Å². The number of hydrogen-bond donors (Lipinski definition) is 4. The third-order valence-electron chi connectivity index (χ3n) is 4.56. The SMILES string of the molecule is CC(=O)C(=C(C)N)c1ccc2c(O)c(C(=O)NCC(=O)O)c(=O)n3c2c1OCC3. The van der Waals surface area contributed by atoms with E-state index in [1.165, 1.54) is 23.6 Å². The molecule has 0 bridgehead atoms. The molecule has 0 aliphatic carbocycles. The standard InChI is InChI=1S/C19H19N3O7/c1-8(20)13(9(2)23)10-3-4-11-15-17(10)29-6-5-22(15)19(28)14(16(11)26)18(27)21-7-12(24)25/h3-4,26H,5-7,20H2,1-2H3,(H,21,27)(H,24,25). The highest BCUT2D eigenvalue weighted by Crippen LogP contribution is 2.40. The molecular weight excluding hydrogens is 382 g/mol. The van der Waals surface area contributed by atoms with Gasteiger partial charge in [-0.1, -0.05) is 0 Å². The number of ketones is 1. The highest BCUT2D eigenvalue weighted by atomic mass is 16.5. The second-order valence-corrected chi connectivity index (χ2v) is 6.56. The molecule has 0 spiro atoms. The van der Waals surface area contributed by atoms with E-state index in [9.17, 15) is 24.3 Å². The van der Waals surface area contributed by atoms with E-state index in [-0.39, 0.29) is 46.9 Å². The molecule has 0 saturated carbocycles. The third kappa shape index (κ3) is 3.28. The first-order valence-corrected chi connectivity index (χ1v) is 8.68. The van der Waals surface area contributed by atoms with Gasteiger partial charge >= 0.3 is 5.97 Å². The van der Waals surface area contributed by atoms with Crippen molar-refractivity contribution in [1.82, 2.24) is 9.88 Å². The normalized spacial score (nSPS) is 13.4. The van der Waals surface area contributed by atoms with Crippen LogP contribution < -0.4 is 21.3 Å².